The van der Waals surface area contributed by atoms with Crippen LogP contribution in [0, 0.1) is 0 Å². The number of pyridine rings is 1. The van der Waals surface area contributed by atoms with Gasteiger partial charge in [0.2, 0.25) is 0 Å². The standard InChI is InChI=1S/C14H12ClF3N2O/c15-9-1-2-10-11(7-9)19-4-3-12(10)20-5-6-21-13(8-20)14(16,17)18/h1-4,7,13H,5-6,8H2/t13-/m1/s1. The van der Waals surface area contributed by atoms with E-state index < -0.39 is 12.3 Å². The van der Waals surface area contributed by atoms with Crippen LogP contribution >= 0.6 is 11.6 Å². The quantitative estimate of drug-likeness (QED) is 0.803. The molecule has 2 heterocycles. The molecule has 3 nitrogen and oxygen atoms in total. The van der Waals surface area contributed by atoms with Crippen LogP contribution in [0.3, 0.4) is 0 Å². The minimum atomic E-state index is -4.36. The van der Waals surface area contributed by atoms with Crippen molar-refractivity contribution in [1.82, 2.24) is 4.98 Å². The largest absolute Gasteiger partial charge is 0.416 e. The molecule has 21 heavy (non-hydrogen) atoms. The third kappa shape index (κ3) is 2.91. The maximum Gasteiger partial charge on any atom is 0.416 e. The van der Waals surface area contributed by atoms with E-state index in [0.717, 1.165) is 5.39 Å². The van der Waals surface area contributed by atoms with Gasteiger partial charge in [0, 0.05) is 28.8 Å². The molecule has 0 aliphatic carbocycles. The number of alkyl halides is 3. The first-order valence-corrected chi connectivity index (χ1v) is 6.80. The molecule has 2 aromatic rings. The van der Waals surface area contributed by atoms with Crippen molar-refractivity contribution in [2.45, 2.75) is 12.3 Å². The predicted octanol–water partition coefficient (Wildman–Crippen LogP) is 3.66. The Morgan fingerprint density at radius 2 is 2.10 bits per heavy atom. The minimum Gasteiger partial charge on any atom is -0.366 e. The number of aromatic nitrogens is 1. The van der Waals surface area contributed by atoms with Gasteiger partial charge in [-0.05, 0) is 24.3 Å². The van der Waals surface area contributed by atoms with Crippen molar-refractivity contribution in [2.75, 3.05) is 24.6 Å². The third-order valence-corrected chi connectivity index (χ3v) is 3.69. The second-order valence-corrected chi connectivity index (χ2v) is 5.28. The predicted molar refractivity (Wildman–Crippen MR) is 74.8 cm³/mol. The molecule has 0 radical (unpaired) electrons. The molecule has 1 aromatic heterocycles. The van der Waals surface area contributed by atoms with Crippen molar-refractivity contribution in [2.24, 2.45) is 0 Å². The molecule has 0 saturated carbocycles. The number of hydrogen-bond acceptors (Lipinski definition) is 3. The van der Waals surface area contributed by atoms with Gasteiger partial charge in [-0.2, -0.15) is 13.2 Å². The zero-order valence-corrected chi connectivity index (χ0v) is 11.7. The molecule has 1 aromatic carbocycles. The van der Waals surface area contributed by atoms with Gasteiger partial charge in [0.1, 0.15) is 0 Å². The van der Waals surface area contributed by atoms with E-state index in [0.29, 0.717) is 22.8 Å². The smallest absolute Gasteiger partial charge is 0.366 e. The fourth-order valence-corrected chi connectivity index (χ4v) is 2.61. The topological polar surface area (TPSA) is 25.4 Å². The van der Waals surface area contributed by atoms with E-state index in [1.165, 1.54) is 0 Å². The molecule has 0 amide bonds. The summed E-state index contributed by atoms with van der Waals surface area (Å²) in [5, 5.41) is 1.33. The van der Waals surface area contributed by atoms with Crippen molar-refractivity contribution < 1.29 is 17.9 Å². The highest BCUT2D eigenvalue weighted by atomic mass is 35.5. The lowest BCUT2D eigenvalue weighted by Gasteiger charge is -2.35. The maximum absolute atomic E-state index is 12.8. The number of nitrogens with zero attached hydrogens (tertiary/aromatic N) is 2. The molecule has 0 bridgehead atoms. The Labute approximate surface area is 124 Å². The second-order valence-electron chi connectivity index (χ2n) is 4.84. The lowest BCUT2D eigenvalue weighted by Crippen LogP contribution is -2.49. The van der Waals surface area contributed by atoms with Gasteiger partial charge in [0.25, 0.3) is 0 Å². The van der Waals surface area contributed by atoms with Crippen LogP contribution in [0.15, 0.2) is 30.5 Å². The van der Waals surface area contributed by atoms with Gasteiger partial charge < -0.3 is 9.64 Å². The molecule has 0 unspecified atom stereocenters. The first-order chi connectivity index (χ1) is 9.95. The number of halogens is 4. The van der Waals surface area contributed by atoms with Crippen molar-refractivity contribution in [1.29, 1.82) is 0 Å². The van der Waals surface area contributed by atoms with E-state index in [9.17, 15) is 13.2 Å². The minimum absolute atomic E-state index is 0.0432. The fourth-order valence-electron chi connectivity index (χ4n) is 2.45. The lowest BCUT2D eigenvalue weighted by atomic mass is 10.1. The second kappa shape index (κ2) is 5.35. The Morgan fingerprint density at radius 3 is 2.86 bits per heavy atom. The van der Waals surface area contributed by atoms with Crippen LogP contribution < -0.4 is 4.90 Å². The van der Waals surface area contributed by atoms with E-state index in [-0.39, 0.29) is 13.2 Å². The first-order valence-electron chi connectivity index (χ1n) is 6.43. The molecule has 1 fully saturated rings. The van der Waals surface area contributed by atoms with Gasteiger partial charge in [0.15, 0.2) is 6.10 Å². The molecule has 1 aliphatic rings. The highest BCUT2D eigenvalue weighted by Crippen LogP contribution is 2.32. The third-order valence-electron chi connectivity index (χ3n) is 3.45. The summed E-state index contributed by atoms with van der Waals surface area (Å²) < 4.78 is 43.3. The summed E-state index contributed by atoms with van der Waals surface area (Å²) in [6, 6.07) is 6.89. The number of hydrogen-bond donors (Lipinski definition) is 0. The fraction of sp³-hybridized carbons (Fsp3) is 0.357. The van der Waals surface area contributed by atoms with Crippen molar-refractivity contribution in [3.63, 3.8) is 0 Å². The summed E-state index contributed by atoms with van der Waals surface area (Å²) in [6.07, 6.45) is -4.54. The monoisotopic (exact) mass is 316 g/mol. The molecule has 112 valence electrons. The molecule has 0 spiro atoms. The average molecular weight is 317 g/mol. The molecule has 1 aliphatic heterocycles. The number of anilines is 1. The van der Waals surface area contributed by atoms with Crippen molar-refractivity contribution in [3.8, 4) is 0 Å². The van der Waals surface area contributed by atoms with E-state index in [4.69, 9.17) is 16.3 Å². The zero-order valence-electron chi connectivity index (χ0n) is 10.9. The van der Waals surface area contributed by atoms with E-state index in [2.05, 4.69) is 4.98 Å². The number of morpholine rings is 1. The number of benzene rings is 1. The summed E-state index contributed by atoms with van der Waals surface area (Å²) in [7, 11) is 0. The van der Waals surface area contributed by atoms with Crippen molar-refractivity contribution in [3.05, 3.63) is 35.5 Å². The van der Waals surface area contributed by atoms with Gasteiger partial charge in [-0.1, -0.05) is 11.6 Å². The van der Waals surface area contributed by atoms with Crippen LogP contribution in [0.2, 0.25) is 5.02 Å². The summed E-state index contributed by atoms with van der Waals surface area (Å²) in [5.74, 6) is 0. The van der Waals surface area contributed by atoms with Crippen LogP contribution in [0.25, 0.3) is 10.9 Å². The zero-order chi connectivity index (χ0) is 15.0. The maximum atomic E-state index is 12.8. The Bertz CT molecular complexity index is 662. The van der Waals surface area contributed by atoms with Crippen LogP contribution in [-0.2, 0) is 4.74 Å². The van der Waals surface area contributed by atoms with Gasteiger partial charge >= 0.3 is 6.18 Å². The van der Waals surface area contributed by atoms with Crippen LogP contribution in [0.4, 0.5) is 18.9 Å². The summed E-state index contributed by atoms with van der Waals surface area (Å²) in [5.41, 5.74) is 1.38. The lowest BCUT2D eigenvalue weighted by molar-refractivity contribution is -0.221. The number of rotatable bonds is 1. The van der Waals surface area contributed by atoms with Crippen LogP contribution in [0.1, 0.15) is 0 Å². The van der Waals surface area contributed by atoms with Gasteiger partial charge in [-0.15, -0.1) is 0 Å². The molecular weight excluding hydrogens is 305 g/mol. The highest BCUT2D eigenvalue weighted by Gasteiger charge is 2.43. The van der Waals surface area contributed by atoms with Crippen LogP contribution in [0.5, 0.6) is 0 Å². The number of fused-ring (bicyclic) bond motifs is 1. The van der Waals surface area contributed by atoms with Crippen LogP contribution in [-0.4, -0.2) is 37.0 Å². The molecule has 0 N–H and O–H groups in total. The normalized spacial score (nSPS) is 20.0. The molecule has 3 rings (SSSR count). The van der Waals surface area contributed by atoms with E-state index in [1.807, 2.05) is 0 Å². The van der Waals surface area contributed by atoms with Gasteiger partial charge in [-0.25, -0.2) is 0 Å². The SMILES string of the molecule is FC(F)(F)[C@H]1CN(c2ccnc3cc(Cl)ccc23)CCO1. The molecule has 1 saturated heterocycles. The van der Waals surface area contributed by atoms with Crippen molar-refractivity contribution >= 4 is 28.2 Å². The van der Waals surface area contributed by atoms with E-state index in [1.54, 1.807) is 35.4 Å². The van der Waals surface area contributed by atoms with Gasteiger partial charge in [0.05, 0.1) is 18.7 Å². The molecule has 7 heteroatoms. The Morgan fingerprint density at radius 1 is 1.29 bits per heavy atom. The number of ether oxygens (including phenoxy) is 1. The summed E-state index contributed by atoms with van der Waals surface area (Å²) in [6.45, 7) is 0.237. The first kappa shape index (κ1) is 14.4. The average Bonchev–Trinajstić information content (AvgIpc) is 2.45. The Balaban J connectivity index is 1.96. The Kier molecular flexibility index (Phi) is 3.67. The highest BCUT2D eigenvalue weighted by molar-refractivity contribution is 6.31. The molecule has 1 atom stereocenters. The summed E-state index contributed by atoms with van der Waals surface area (Å²) in [4.78, 5) is 5.88. The summed E-state index contributed by atoms with van der Waals surface area (Å²) >= 11 is 5.92. The van der Waals surface area contributed by atoms with E-state index >= 15 is 0 Å². The molecular formula is C14H12ClF3N2O. The Hall–Kier alpha value is -1.53. The van der Waals surface area contributed by atoms with Gasteiger partial charge in [-0.3, -0.25) is 4.98 Å².